The van der Waals surface area contributed by atoms with Gasteiger partial charge in [-0.05, 0) is 24.3 Å². The highest BCUT2D eigenvalue weighted by molar-refractivity contribution is 5.36. The van der Waals surface area contributed by atoms with Gasteiger partial charge in [-0.15, -0.1) is 10.2 Å². The molecule has 0 fully saturated rings. The van der Waals surface area contributed by atoms with Crippen LogP contribution in [0.5, 0.6) is 0 Å². The van der Waals surface area contributed by atoms with E-state index in [2.05, 4.69) is 15.2 Å². The zero-order valence-electron chi connectivity index (χ0n) is 8.13. The minimum Gasteiger partial charge on any atom is -0.317 e. The van der Waals surface area contributed by atoms with E-state index in [1.54, 1.807) is 29.1 Å². The molecular weight excluding hydrogens is 195 g/mol. The molecule has 1 aromatic heterocycles. The zero-order chi connectivity index (χ0) is 10.7. The first kappa shape index (κ1) is 9.51. The topological polar surface area (TPSA) is 42.5 Å². The van der Waals surface area contributed by atoms with Gasteiger partial charge in [-0.2, -0.15) is 0 Å². The first-order chi connectivity index (χ1) is 7.25. The molecular formula is C10H9FN4. The fourth-order valence-electron chi connectivity index (χ4n) is 1.06. The van der Waals surface area contributed by atoms with Gasteiger partial charge in [-0.25, -0.2) is 9.37 Å². The predicted octanol–water partition coefficient (Wildman–Crippen LogP) is 2.97. The summed E-state index contributed by atoms with van der Waals surface area (Å²) in [4.78, 5) is 3.98. The van der Waals surface area contributed by atoms with E-state index in [0.717, 1.165) is 0 Å². The number of rotatable bonds is 2. The van der Waals surface area contributed by atoms with Gasteiger partial charge in [0.15, 0.2) is 0 Å². The lowest BCUT2D eigenvalue weighted by Gasteiger charge is -1.93. The molecule has 1 heterocycles. The van der Waals surface area contributed by atoms with Crippen molar-refractivity contribution in [2.24, 2.45) is 17.3 Å². The quantitative estimate of drug-likeness (QED) is 0.693. The van der Waals surface area contributed by atoms with Crippen LogP contribution in [0.4, 0.5) is 16.0 Å². The van der Waals surface area contributed by atoms with Gasteiger partial charge >= 0.3 is 0 Å². The molecule has 0 unspecified atom stereocenters. The lowest BCUT2D eigenvalue weighted by molar-refractivity contribution is 0.628. The average molecular weight is 204 g/mol. The molecule has 0 spiro atoms. The summed E-state index contributed by atoms with van der Waals surface area (Å²) < 4.78 is 14.3. The van der Waals surface area contributed by atoms with E-state index in [9.17, 15) is 4.39 Å². The third kappa shape index (κ3) is 2.25. The highest BCUT2D eigenvalue weighted by Crippen LogP contribution is 2.16. The third-order valence-electron chi connectivity index (χ3n) is 1.88. The van der Waals surface area contributed by atoms with Crippen LogP contribution in [0, 0.1) is 5.82 Å². The van der Waals surface area contributed by atoms with Crippen LogP contribution < -0.4 is 0 Å². The largest absolute Gasteiger partial charge is 0.317 e. The summed E-state index contributed by atoms with van der Waals surface area (Å²) in [5.41, 5.74) is 0.597. The van der Waals surface area contributed by atoms with Crippen LogP contribution in [0.1, 0.15) is 0 Å². The van der Waals surface area contributed by atoms with E-state index in [1.807, 2.05) is 7.05 Å². The smallest absolute Gasteiger partial charge is 0.249 e. The summed E-state index contributed by atoms with van der Waals surface area (Å²) in [5.74, 6) is 0.227. The van der Waals surface area contributed by atoms with Crippen molar-refractivity contribution in [3.63, 3.8) is 0 Å². The van der Waals surface area contributed by atoms with Gasteiger partial charge < -0.3 is 4.57 Å². The van der Waals surface area contributed by atoms with Crippen LogP contribution in [0.15, 0.2) is 46.9 Å². The Hall–Kier alpha value is -2.04. The molecule has 76 valence electrons. The van der Waals surface area contributed by atoms with Crippen molar-refractivity contribution in [2.45, 2.75) is 0 Å². The number of imidazole rings is 1. The maximum atomic E-state index is 12.6. The number of nitrogens with zero attached hydrogens (tertiary/aromatic N) is 4. The number of azo groups is 1. The molecule has 1 aromatic carbocycles. The van der Waals surface area contributed by atoms with E-state index < -0.39 is 0 Å². The number of halogens is 1. The SMILES string of the molecule is Cn1ccnc1/N=N/c1ccc(F)cc1. The molecule has 0 N–H and O–H groups in total. The normalized spacial score (nSPS) is 11.1. The lowest BCUT2D eigenvalue weighted by Crippen LogP contribution is -1.82. The molecule has 0 aliphatic carbocycles. The Kier molecular flexibility index (Phi) is 2.53. The second kappa shape index (κ2) is 4.00. The number of hydrogen-bond donors (Lipinski definition) is 0. The molecule has 5 heteroatoms. The van der Waals surface area contributed by atoms with E-state index >= 15 is 0 Å². The highest BCUT2D eigenvalue weighted by Gasteiger charge is 1.95. The number of benzene rings is 1. The maximum Gasteiger partial charge on any atom is 0.249 e. The first-order valence-electron chi connectivity index (χ1n) is 4.40. The van der Waals surface area contributed by atoms with Crippen molar-refractivity contribution in [1.82, 2.24) is 9.55 Å². The van der Waals surface area contributed by atoms with Crippen LogP contribution in [-0.2, 0) is 7.05 Å². The Morgan fingerprint density at radius 2 is 1.93 bits per heavy atom. The monoisotopic (exact) mass is 204 g/mol. The van der Waals surface area contributed by atoms with Crippen LogP contribution in [0.25, 0.3) is 0 Å². The minimum absolute atomic E-state index is 0.286. The molecule has 4 nitrogen and oxygen atoms in total. The van der Waals surface area contributed by atoms with Crippen molar-refractivity contribution in [1.29, 1.82) is 0 Å². The fraction of sp³-hybridized carbons (Fsp3) is 0.100. The van der Waals surface area contributed by atoms with Gasteiger partial charge in [0.2, 0.25) is 5.95 Å². The van der Waals surface area contributed by atoms with E-state index in [1.165, 1.54) is 12.1 Å². The van der Waals surface area contributed by atoms with Crippen LogP contribution >= 0.6 is 0 Å². The Labute approximate surface area is 86.1 Å². The van der Waals surface area contributed by atoms with Crippen molar-refractivity contribution >= 4 is 11.6 Å². The van der Waals surface area contributed by atoms with Gasteiger partial charge in [0, 0.05) is 19.4 Å². The molecule has 2 rings (SSSR count). The predicted molar refractivity (Wildman–Crippen MR) is 53.8 cm³/mol. The summed E-state index contributed by atoms with van der Waals surface area (Å²) in [5, 5.41) is 7.85. The molecule has 0 atom stereocenters. The molecule has 0 bridgehead atoms. The van der Waals surface area contributed by atoms with Crippen LogP contribution in [-0.4, -0.2) is 9.55 Å². The highest BCUT2D eigenvalue weighted by atomic mass is 19.1. The molecule has 15 heavy (non-hydrogen) atoms. The summed E-state index contributed by atoms with van der Waals surface area (Å²) >= 11 is 0. The van der Waals surface area contributed by atoms with Gasteiger partial charge in [-0.3, -0.25) is 0 Å². The minimum atomic E-state index is -0.286. The van der Waals surface area contributed by atoms with Crippen LogP contribution in [0.3, 0.4) is 0 Å². The summed E-state index contributed by atoms with van der Waals surface area (Å²) in [6, 6.07) is 5.79. The molecule has 0 saturated heterocycles. The van der Waals surface area contributed by atoms with E-state index in [-0.39, 0.29) is 5.82 Å². The zero-order valence-corrected chi connectivity index (χ0v) is 8.13. The standard InChI is InChI=1S/C10H9FN4/c1-15-7-6-12-10(15)14-13-9-4-2-8(11)3-5-9/h2-7H,1H3/b14-13+. The number of hydrogen-bond acceptors (Lipinski definition) is 3. The van der Waals surface area contributed by atoms with E-state index in [4.69, 9.17) is 0 Å². The molecule has 0 amide bonds. The third-order valence-corrected chi connectivity index (χ3v) is 1.88. The lowest BCUT2D eigenvalue weighted by atomic mass is 10.3. The Morgan fingerprint density at radius 1 is 1.20 bits per heavy atom. The van der Waals surface area contributed by atoms with E-state index in [0.29, 0.717) is 11.6 Å². The Morgan fingerprint density at radius 3 is 2.53 bits per heavy atom. The van der Waals surface area contributed by atoms with Crippen molar-refractivity contribution in [3.05, 3.63) is 42.5 Å². The summed E-state index contributed by atoms with van der Waals surface area (Å²) in [6.45, 7) is 0. The number of aryl methyl sites for hydroxylation is 1. The van der Waals surface area contributed by atoms with Crippen molar-refractivity contribution in [2.75, 3.05) is 0 Å². The van der Waals surface area contributed by atoms with Gasteiger partial charge in [-0.1, -0.05) is 0 Å². The molecule has 0 aliphatic rings. The van der Waals surface area contributed by atoms with Crippen molar-refractivity contribution in [3.8, 4) is 0 Å². The maximum absolute atomic E-state index is 12.6. The molecule has 2 aromatic rings. The molecule has 0 aliphatic heterocycles. The van der Waals surface area contributed by atoms with Crippen LogP contribution in [0.2, 0.25) is 0 Å². The molecule has 0 saturated carbocycles. The number of aromatic nitrogens is 2. The van der Waals surface area contributed by atoms with Gasteiger partial charge in [0.05, 0.1) is 5.69 Å². The summed E-state index contributed by atoms with van der Waals surface area (Å²) in [7, 11) is 1.83. The second-order valence-corrected chi connectivity index (χ2v) is 3.01. The Balaban J connectivity index is 2.19. The average Bonchev–Trinajstić information content (AvgIpc) is 2.63. The van der Waals surface area contributed by atoms with Crippen molar-refractivity contribution < 1.29 is 4.39 Å². The Bertz CT molecular complexity index is 472. The fourth-order valence-corrected chi connectivity index (χ4v) is 1.06. The second-order valence-electron chi connectivity index (χ2n) is 3.01. The van der Waals surface area contributed by atoms with Gasteiger partial charge in [0.25, 0.3) is 0 Å². The summed E-state index contributed by atoms with van der Waals surface area (Å²) in [6.07, 6.45) is 3.41. The molecule has 0 radical (unpaired) electrons. The van der Waals surface area contributed by atoms with Gasteiger partial charge in [0.1, 0.15) is 5.82 Å². The first-order valence-corrected chi connectivity index (χ1v) is 4.40.